The molecule has 0 atom stereocenters. The van der Waals surface area contributed by atoms with Crippen molar-refractivity contribution in [2.45, 2.75) is 0 Å². The summed E-state index contributed by atoms with van der Waals surface area (Å²) in [5.41, 5.74) is 6.59. The van der Waals surface area contributed by atoms with E-state index in [2.05, 4.69) is 15.0 Å². The van der Waals surface area contributed by atoms with E-state index in [1.165, 1.54) is 25.3 Å². The Morgan fingerprint density at radius 3 is 2.62 bits per heavy atom. The van der Waals surface area contributed by atoms with Crippen molar-refractivity contribution in [2.75, 3.05) is 18.2 Å². The number of anilines is 2. The van der Waals surface area contributed by atoms with Gasteiger partial charge in [-0.25, -0.2) is 9.78 Å². The lowest BCUT2D eigenvalue weighted by atomic mass is 10.2. The summed E-state index contributed by atoms with van der Waals surface area (Å²) in [5, 5.41) is 2.91. The lowest BCUT2D eigenvalue weighted by Crippen LogP contribution is -2.16. The summed E-state index contributed by atoms with van der Waals surface area (Å²) in [6.07, 6.45) is 0. The molecule has 6 nitrogen and oxygen atoms in total. The van der Waals surface area contributed by atoms with E-state index < -0.39 is 11.9 Å². The van der Waals surface area contributed by atoms with Crippen molar-refractivity contribution in [3.8, 4) is 0 Å². The van der Waals surface area contributed by atoms with Crippen LogP contribution in [-0.2, 0) is 4.74 Å². The SMILES string of the molecule is COC(=O)c1cccc(C(=O)Nc2ccc(N)cc2Cl)n1. The number of esters is 1. The van der Waals surface area contributed by atoms with Gasteiger partial charge in [-0.2, -0.15) is 0 Å². The number of halogens is 1. The minimum Gasteiger partial charge on any atom is -0.464 e. The number of nitrogen functional groups attached to an aromatic ring is 1. The van der Waals surface area contributed by atoms with Gasteiger partial charge in [0.2, 0.25) is 0 Å². The van der Waals surface area contributed by atoms with Crippen molar-refractivity contribution in [1.82, 2.24) is 4.98 Å². The topological polar surface area (TPSA) is 94.3 Å². The second kappa shape index (κ2) is 6.23. The number of amides is 1. The zero-order valence-electron chi connectivity index (χ0n) is 11.1. The van der Waals surface area contributed by atoms with Crippen LogP contribution in [0.5, 0.6) is 0 Å². The summed E-state index contributed by atoms with van der Waals surface area (Å²) in [6, 6.07) is 9.19. The highest BCUT2D eigenvalue weighted by molar-refractivity contribution is 6.34. The van der Waals surface area contributed by atoms with Crippen molar-refractivity contribution in [2.24, 2.45) is 0 Å². The van der Waals surface area contributed by atoms with Crippen LogP contribution in [0.1, 0.15) is 21.0 Å². The number of ether oxygens (including phenoxy) is 1. The normalized spacial score (nSPS) is 10.0. The number of hydrogen-bond acceptors (Lipinski definition) is 5. The first-order valence-corrected chi connectivity index (χ1v) is 6.31. The lowest BCUT2D eigenvalue weighted by Gasteiger charge is -2.08. The highest BCUT2D eigenvalue weighted by Crippen LogP contribution is 2.24. The summed E-state index contributed by atoms with van der Waals surface area (Å²) in [6.45, 7) is 0. The van der Waals surface area contributed by atoms with Crippen molar-refractivity contribution >= 4 is 34.9 Å². The average Bonchev–Trinajstić information content (AvgIpc) is 2.49. The molecule has 0 saturated heterocycles. The molecule has 1 amide bonds. The van der Waals surface area contributed by atoms with Crippen LogP contribution in [0, 0.1) is 0 Å². The maximum absolute atomic E-state index is 12.1. The summed E-state index contributed by atoms with van der Waals surface area (Å²) >= 11 is 5.98. The zero-order valence-corrected chi connectivity index (χ0v) is 11.8. The molecule has 21 heavy (non-hydrogen) atoms. The molecule has 0 saturated carbocycles. The van der Waals surface area contributed by atoms with Gasteiger partial charge in [-0.3, -0.25) is 4.79 Å². The highest BCUT2D eigenvalue weighted by Gasteiger charge is 2.13. The number of carbonyl (C=O) groups is 2. The monoisotopic (exact) mass is 305 g/mol. The van der Waals surface area contributed by atoms with Gasteiger partial charge in [-0.05, 0) is 30.3 Å². The molecule has 7 heteroatoms. The van der Waals surface area contributed by atoms with Crippen LogP contribution < -0.4 is 11.1 Å². The number of nitrogens with two attached hydrogens (primary N) is 1. The highest BCUT2D eigenvalue weighted by atomic mass is 35.5. The third-order valence-corrected chi connectivity index (χ3v) is 2.93. The Morgan fingerprint density at radius 2 is 1.95 bits per heavy atom. The smallest absolute Gasteiger partial charge is 0.356 e. The number of pyridine rings is 1. The molecular formula is C14H12ClN3O3. The second-order valence-electron chi connectivity index (χ2n) is 4.09. The number of nitrogens with zero attached hydrogens (tertiary/aromatic N) is 1. The quantitative estimate of drug-likeness (QED) is 0.670. The van der Waals surface area contributed by atoms with E-state index in [0.717, 1.165) is 0 Å². The average molecular weight is 306 g/mol. The first-order valence-electron chi connectivity index (χ1n) is 5.93. The minimum atomic E-state index is -0.616. The van der Waals surface area contributed by atoms with E-state index in [4.69, 9.17) is 17.3 Å². The molecular weight excluding hydrogens is 294 g/mol. The first kappa shape index (κ1) is 14.8. The van der Waals surface area contributed by atoms with Crippen molar-refractivity contribution < 1.29 is 14.3 Å². The van der Waals surface area contributed by atoms with Gasteiger partial charge >= 0.3 is 5.97 Å². The van der Waals surface area contributed by atoms with E-state index in [-0.39, 0.29) is 11.4 Å². The van der Waals surface area contributed by atoms with E-state index >= 15 is 0 Å². The molecule has 1 heterocycles. The molecule has 3 N–H and O–H groups in total. The van der Waals surface area contributed by atoms with Crippen LogP contribution in [0.25, 0.3) is 0 Å². The van der Waals surface area contributed by atoms with Crippen LogP contribution in [0.3, 0.4) is 0 Å². The Bertz CT molecular complexity index is 704. The fourth-order valence-electron chi connectivity index (χ4n) is 1.60. The van der Waals surface area contributed by atoms with E-state index in [0.29, 0.717) is 16.4 Å². The van der Waals surface area contributed by atoms with Gasteiger partial charge in [0, 0.05) is 5.69 Å². The molecule has 0 bridgehead atoms. The predicted octanol–water partition coefficient (Wildman–Crippen LogP) is 2.36. The predicted molar refractivity (Wildman–Crippen MR) is 79.4 cm³/mol. The number of rotatable bonds is 3. The molecule has 2 aromatic rings. The Morgan fingerprint density at radius 1 is 1.24 bits per heavy atom. The molecule has 108 valence electrons. The third-order valence-electron chi connectivity index (χ3n) is 2.62. The molecule has 0 unspecified atom stereocenters. The Hall–Kier alpha value is -2.60. The molecule has 2 rings (SSSR count). The number of aromatic nitrogens is 1. The number of methoxy groups -OCH3 is 1. The molecule has 0 spiro atoms. The van der Waals surface area contributed by atoms with Gasteiger partial charge in [0.25, 0.3) is 5.91 Å². The number of hydrogen-bond donors (Lipinski definition) is 2. The summed E-state index contributed by atoms with van der Waals surface area (Å²) in [7, 11) is 1.24. The largest absolute Gasteiger partial charge is 0.464 e. The van der Waals surface area contributed by atoms with Crippen LogP contribution in [0.2, 0.25) is 5.02 Å². The maximum atomic E-state index is 12.1. The van der Waals surface area contributed by atoms with Crippen LogP contribution in [0.4, 0.5) is 11.4 Å². The van der Waals surface area contributed by atoms with E-state index in [1.54, 1.807) is 18.2 Å². The van der Waals surface area contributed by atoms with Crippen LogP contribution >= 0.6 is 11.6 Å². The third kappa shape index (κ3) is 3.49. The van der Waals surface area contributed by atoms with E-state index in [1.807, 2.05) is 0 Å². The lowest BCUT2D eigenvalue weighted by molar-refractivity contribution is 0.0594. The molecule has 0 aliphatic carbocycles. The Kier molecular flexibility index (Phi) is 4.39. The molecule has 1 aromatic carbocycles. The van der Waals surface area contributed by atoms with Gasteiger partial charge in [0.05, 0.1) is 17.8 Å². The number of carbonyl (C=O) groups excluding carboxylic acids is 2. The molecule has 0 aliphatic heterocycles. The van der Waals surface area contributed by atoms with Gasteiger partial charge < -0.3 is 15.8 Å². The van der Waals surface area contributed by atoms with Gasteiger partial charge in [-0.1, -0.05) is 17.7 Å². The zero-order chi connectivity index (χ0) is 15.4. The van der Waals surface area contributed by atoms with Gasteiger partial charge in [-0.15, -0.1) is 0 Å². The number of benzene rings is 1. The maximum Gasteiger partial charge on any atom is 0.356 e. The Balaban J connectivity index is 2.22. The standard InChI is InChI=1S/C14H12ClN3O3/c1-21-14(20)12-4-2-3-11(17-12)13(19)18-10-6-5-8(16)7-9(10)15/h2-7H,16H2,1H3,(H,18,19). The fraction of sp³-hybridized carbons (Fsp3) is 0.0714. The van der Waals surface area contributed by atoms with Crippen molar-refractivity contribution in [3.63, 3.8) is 0 Å². The van der Waals surface area contributed by atoms with E-state index in [9.17, 15) is 9.59 Å². The van der Waals surface area contributed by atoms with Crippen LogP contribution in [-0.4, -0.2) is 24.0 Å². The van der Waals surface area contributed by atoms with Gasteiger partial charge in [0.15, 0.2) is 0 Å². The summed E-state index contributed by atoms with van der Waals surface area (Å²) < 4.78 is 4.55. The molecule has 1 aromatic heterocycles. The fourth-order valence-corrected chi connectivity index (χ4v) is 1.83. The minimum absolute atomic E-state index is 0.0496. The Labute approximate surface area is 125 Å². The molecule has 0 fully saturated rings. The van der Waals surface area contributed by atoms with Crippen LogP contribution in [0.15, 0.2) is 36.4 Å². The second-order valence-corrected chi connectivity index (χ2v) is 4.50. The summed E-state index contributed by atoms with van der Waals surface area (Å²) in [4.78, 5) is 27.4. The number of nitrogens with one attached hydrogen (secondary N) is 1. The van der Waals surface area contributed by atoms with Gasteiger partial charge in [0.1, 0.15) is 11.4 Å². The summed E-state index contributed by atoms with van der Waals surface area (Å²) in [5.74, 6) is -1.11. The van der Waals surface area contributed by atoms with Crippen molar-refractivity contribution in [3.05, 3.63) is 52.8 Å². The molecule has 0 radical (unpaired) electrons. The first-order chi connectivity index (χ1) is 10.0. The molecule has 0 aliphatic rings. The van der Waals surface area contributed by atoms with Crippen molar-refractivity contribution in [1.29, 1.82) is 0 Å².